The van der Waals surface area contributed by atoms with Gasteiger partial charge in [-0.15, -0.1) is 0 Å². The van der Waals surface area contributed by atoms with Gasteiger partial charge in [0.15, 0.2) is 5.96 Å². The van der Waals surface area contributed by atoms with Crippen LogP contribution in [-0.2, 0) is 17.9 Å². The molecule has 0 unspecified atom stereocenters. The third-order valence-electron chi connectivity index (χ3n) is 4.71. The maximum Gasteiger partial charge on any atom is 0.191 e. The summed E-state index contributed by atoms with van der Waals surface area (Å²) in [5, 5.41) is 0. The number of aliphatic imine (C=N–C) groups is 1. The Bertz CT molecular complexity index is 738. The number of rotatable bonds is 6. The van der Waals surface area contributed by atoms with E-state index in [0.717, 1.165) is 49.6 Å². The van der Waals surface area contributed by atoms with E-state index < -0.39 is 0 Å². The quantitative estimate of drug-likeness (QED) is 0.627. The summed E-state index contributed by atoms with van der Waals surface area (Å²) in [6, 6.07) is 14.9. The highest BCUT2D eigenvalue weighted by atomic mass is 19.1. The van der Waals surface area contributed by atoms with Crippen molar-refractivity contribution in [2.75, 3.05) is 37.7 Å². The van der Waals surface area contributed by atoms with E-state index in [1.165, 1.54) is 12.1 Å². The molecule has 6 heteroatoms. The zero-order chi connectivity index (χ0) is 19.1. The highest BCUT2D eigenvalue weighted by molar-refractivity contribution is 5.78. The second-order valence-corrected chi connectivity index (χ2v) is 6.58. The Morgan fingerprint density at radius 3 is 2.26 bits per heavy atom. The zero-order valence-corrected chi connectivity index (χ0v) is 15.8. The molecule has 0 aliphatic carbocycles. The van der Waals surface area contributed by atoms with E-state index in [0.29, 0.717) is 19.1 Å². The van der Waals surface area contributed by atoms with Crippen molar-refractivity contribution in [3.63, 3.8) is 0 Å². The van der Waals surface area contributed by atoms with E-state index in [-0.39, 0.29) is 5.82 Å². The van der Waals surface area contributed by atoms with E-state index in [4.69, 9.17) is 10.5 Å². The van der Waals surface area contributed by atoms with Gasteiger partial charge in [0.05, 0.1) is 13.2 Å². The molecular weight excluding hydrogens is 343 g/mol. The summed E-state index contributed by atoms with van der Waals surface area (Å²) in [5.74, 6) is 0.367. The fourth-order valence-electron chi connectivity index (χ4n) is 3.08. The third kappa shape index (κ3) is 5.44. The normalized spacial score (nSPS) is 15.3. The highest BCUT2D eigenvalue weighted by Crippen LogP contribution is 2.17. The minimum atomic E-state index is -0.209. The smallest absolute Gasteiger partial charge is 0.191 e. The lowest BCUT2D eigenvalue weighted by molar-refractivity contribution is 0.134. The first-order chi connectivity index (χ1) is 13.2. The van der Waals surface area contributed by atoms with Crippen LogP contribution in [0.25, 0.3) is 0 Å². The van der Waals surface area contributed by atoms with Crippen LogP contribution in [0, 0.1) is 5.82 Å². The number of piperazine rings is 1. The summed E-state index contributed by atoms with van der Waals surface area (Å²) in [4.78, 5) is 8.88. The maximum absolute atomic E-state index is 13.1. The molecule has 144 valence electrons. The van der Waals surface area contributed by atoms with Gasteiger partial charge >= 0.3 is 0 Å². The lowest BCUT2D eigenvalue weighted by Gasteiger charge is -2.36. The summed E-state index contributed by atoms with van der Waals surface area (Å²) < 4.78 is 18.5. The molecule has 0 amide bonds. The molecule has 2 aromatic rings. The van der Waals surface area contributed by atoms with Crippen LogP contribution in [0.3, 0.4) is 0 Å². The van der Waals surface area contributed by atoms with E-state index in [1.54, 1.807) is 0 Å². The second-order valence-electron chi connectivity index (χ2n) is 6.58. The van der Waals surface area contributed by atoms with Crippen molar-refractivity contribution in [3.8, 4) is 0 Å². The SMILES string of the molecule is CCOCc1ccc(CN=C(N)N2CCN(c3ccc(F)cc3)CC2)cc1. The molecule has 1 heterocycles. The lowest BCUT2D eigenvalue weighted by atomic mass is 10.1. The Kier molecular flexibility index (Phi) is 6.65. The van der Waals surface area contributed by atoms with Gasteiger partial charge in [-0.2, -0.15) is 0 Å². The molecule has 1 fully saturated rings. The van der Waals surface area contributed by atoms with Crippen molar-refractivity contribution in [2.45, 2.75) is 20.1 Å². The molecule has 0 saturated carbocycles. The van der Waals surface area contributed by atoms with Crippen molar-refractivity contribution < 1.29 is 9.13 Å². The summed E-state index contributed by atoms with van der Waals surface area (Å²) in [6.45, 7) is 7.21. The van der Waals surface area contributed by atoms with E-state index in [2.05, 4.69) is 39.1 Å². The number of hydrogen-bond acceptors (Lipinski definition) is 3. The molecule has 0 radical (unpaired) electrons. The largest absolute Gasteiger partial charge is 0.377 e. The molecule has 2 aromatic carbocycles. The van der Waals surface area contributed by atoms with Gasteiger partial charge in [-0.3, -0.25) is 0 Å². The fourth-order valence-corrected chi connectivity index (χ4v) is 3.08. The molecule has 1 aliphatic heterocycles. The van der Waals surface area contributed by atoms with E-state index in [1.807, 2.05) is 19.1 Å². The second kappa shape index (κ2) is 9.37. The van der Waals surface area contributed by atoms with Crippen molar-refractivity contribution in [1.29, 1.82) is 0 Å². The van der Waals surface area contributed by atoms with Gasteiger partial charge in [-0.25, -0.2) is 9.38 Å². The Labute approximate surface area is 160 Å². The molecule has 0 bridgehead atoms. The number of hydrogen-bond donors (Lipinski definition) is 1. The van der Waals surface area contributed by atoms with E-state index in [9.17, 15) is 4.39 Å². The van der Waals surface area contributed by atoms with Gasteiger partial charge in [-0.1, -0.05) is 24.3 Å². The topological polar surface area (TPSA) is 54.1 Å². The first-order valence-electron chi connectivity index (χ1n) is 9.36. The van der Waals surface area contributed by atoms with Crippen LogP contribution >= 0.6 is 0 Å². The van der Waals surface area contributed by atoms with Gasteiger partial charge in [-0.05, 0) is 42.3 Å². The first-order valence-corrected chi connectivity index (χ1v) is 9.36. The van der Waals surface area contributed by atoms with Crippen molar-refractivity contribution in [3.05, 3.63) is 65.5 Å². The standard InChI is InChI=1S/C21H27FN4O/c1-2-27-16-18-5-3-17(4-6-18)15-24-21(23)26-13-11-25(12-14-26)20-9-7-19(22)8-10-20/h3-10H,2,11-16H2,1H3,(H2,23,24). The lowest BCUT2D eigenvalue weighted by Crippen LogP contribution is -2.51. The number of ether oxygens (including phenoxy) is 1. The predicted molar refractivity (Wildman–Crippen MR) is 107 cm³/mol. The minimum absolute atomic E-state index is 0.209. The van der Waals surface area contributed by atoms with Crippen LogP contribution in [-0.4, -0.2) is 43.6 Å². The Morgan fingerprint density at radius 1 is 1.00 bits per heavy atom. The van der Waals surface area contributed by atoms with Gasteiger partial charge in [0.1, 0.15) is 5.82 Å². The minimum Gasteiger partial charge on any atom is -0.377 e. The van der Waals surface area contributed by atoms with Crippen LogP contribution in [0.4, 0.5) is 10.1 Å². The molecule has 1 aliphatic rings. The van der Waals surface area contributed by atoms with Crippen LogP contribution in [0.5, 0.6) is 0 Å². The van der Waals surface area contributed by atoms with Crippen molar-refractivity contribution in [2.24, 2.45) is 10.7 Å². The number of anilines is 1. The molecule has 5 nitrogen and oxygen atoms in total. The predicted octanol–water partition coefficient (Wildman–Crippen LogP) is 3.00. The number of halogens is 1. The van der Waals surface area contributed by atoms with Gasteiger partial charge in [0.2, 0.25) is 0 Å². The Morgan fingerprint density at radius 2 is 1.63 bits per heavy atom. The van der Waals surface area contributed by atoms with Crippen LogP contribution in [0.2, 0.25) is 0 Å². The zero-order valence-electron chi connectivity index (χ0n) is 15.8. The van der Waals surface area contributed by atoms with Gasteiger partial charge in [0, 0.05) is 38.5 Å². The molecule has 2 N–H and O–H groups in total. The molecule has 27 heavy (non-hydrogen) atoms. The van der Waals surface area contributed by atoms with E-state index >= 15 is 0 Å². The monoisotopic (exact) mass is 370 g/mol. The summed E-state index contributed by atoms with van der Waals surface area (Å²) in [7, 11) is 0. The molecule has 0 atom stereocenters. The highest BCUT2D eigenvalue weighted by Gasteiger charge is 2.18. The summed E-state index contributed by atoms with van der Waals surface area (Å²) >= 11 is 0. The van der Waals surface area contributed by atoms with Crippen molar-refractivity contribution >= 4 is 11.6 Å². The molecule has 0 spiro atoms. The number of nitrogens with zero attached hydrogens (tertiary/aromatic N) is 3. The summed E-state index contributed by atoms with van der Waals surface area (Å²) in [6.07, 6.45) is 0. The van der Waals surface area contributed by atoms with Crippen LogP contribution in [0.15, 0.2) is 53.5 Å². The fraction of sp³-hybridized carbons (Fsp3) is 0.381. The number of guanidine groups is 1. The van der Waals surface area contributed by atoms with Crippen molar-refractivity contribution in [1.82, 2.24) is 4.90 Å². The maximum atomic E-state index is 13.1. The molecule has 3 rings (SSSR count). The molecule has 0 aromatic heterocycles. The average Bonchev–Trinajstić information content (AvgIpc) is 2.72. The third-order valence-corrected chi connectivity index (χ3v) is 4.71. The Balaban J connectivity index is 1.49. The van der Waals surface area contributed by atoms with Crippen LogP contribution in [0.1, 0.15) is 18.1 Å². The molecule has 1 saturated heterocycles. The summed E-state index contributed by atoms with van der Waals surface area (Å²) in [5.41, 5.74) is 9.51. The molecular formula is C21H27FN4O. The van der Waals surface area contributed by atoms with Gasteiger partial charge < -0.3 is 20.3 Å². The van der Waals surface area contributed by atoms with Crippen LogP contribution < -0.4 is 10.6 Å². The van der Waals surface area contributed by atoms with Gasteiger partial charge in [0.25, 0.3) is 0 Å². The average molecular weight is 370 g/mol. The first kappa shape index (κ1) is 19.2. The number of benzene rings is 2. The number of nitrogens with two attached hydrogens (primary N) is 1. The Hall–Kier alpha value is -2.60.